The van der Waals surface area contributed by atoms with Crippen LogP contribution < -0.4 is 5.32 Å². The van der Waals surface area contributed by atoms with Gasteiger partial charge in [0.2, 0.25) is 0 Å². The topological polar surface area (TPSA) is 12.0 Å². The van der Waals surface area contributed by atoms with Crippen LogP contribution in [0.15, 0.2) is 46.9 Å². The maximum Gasteiger partial charge on any atom is 0.0412 e. The summed E-state index contributed by atoms with van der Waals surface area (Å²) in [6.45, 7) is 5.15. The van der Waals surface area contributed by atoms with Crippen molar-refractivity contribution in [2.75, 3.05) is 5.32 Å². The minimum Gasteiger partial charge on any atom is -0.381 e. The van der Waals surface area contributed by atoms with Gasteiger partial charge in [-0.05, 0) is 47.4 Å². The largest absolute Gasteiger partial charge is 0.381 e. The first kappa shape index (κ1) is 14.4. The Hall–Kier alpha value is -0.990. The third-order valence-electron chi connectivity index (χ3n) is 3.07. The van der Waals surface area contributed by atoms with Gasteiger partial charge in [0.1, 0.15) is 0 Å². The molecule has 0 saturated heterocycles. The molecule has 0 aliphatic carbocycles. The summed E-state index contributed by atoms with van der Waals surface area (Å²) in [7, 11) is 0. The van der Waals surface area contributed by atoms with Crippen LogP contribution in [0.1, 0.15) is 30.9 Å². The molecule has 19 heavy (non-hydrogen) atoms. The fraction of sp³-hybridized carbons (Fsp3) is 0.250. The van der Waals surface area contributed by atoms with Gasteiger partial charge in [0, 0.05) is 21.7 Å². The molecule has 0 aliphatic rings. The third-order valence-corrected chi connectivity index (χ3v) is 4.08. The first-order valence-electron chi connectivity index (χ1n) is 6.34. The molecule has 0 amide bonds. The molecular formula is C16H17BrClN. The predicted molar refractivity (Wildman–Crippen MR) is 87.0 cm³/mol. The fourth-order valence-electron chi connectivity index (χ4n) is 1.86. The highest BCUT2D eigenvalue weighted by atomic mass is 79.9. The van der Waals surface area contributed by atoms with Gasteiger partial charge in [0.05, 0.1) is 0 Å². The van der Waals surface area contributed by atoms with Crippen molar-refractivity contribution >= 4 is 33.2 Å². The minimum atomic E-state index is 0.566. The Morgan fingerprint density at radius 2 is 1.79 bits per heavy atom. The second-order valence-corrected chi connectivity index (χ2v) is 6.16. The van der Waals surface area contributed by atoms with Crippen molar-refractivity contribution < 1.29 is 0 Å². The molecule has 0 radical (unpaired) electrons. The van der Waals surface area contributed by atoms with Crippen LogP contribution in [-0.2, 0) is 6.54 Å². The molecule has 0 aromatic heterocycles. The van der Waals surface area contributed by atoms with E-state index in [4.69, 9.17) is 11.6 Å². The molecule has 1 nitrogen and oxygen atoms in total. The molecule has 0 aliphatic heterocycles. The SMILES string of the molecule is CC(C)c1ccc(NCc2cc(Cl)ccc2Br)cc1. The standard InChI is InChI=1S/C16H17BrClN/c1-11(2)12-3-6-15(7-4-12)19-10-13-9-14(18)5-8-16(13)17/h3-9,11,19H,10H2,1-2H3. The molecule has 0 atom stereocenters. The van der Waals surface area contributed by atoms with Crippen LogP contribution in [0.3, 0.4) is 0 Å². The fourth-order valence-corrected chi connectivity index (χ4v) is 2.44. The number of halogens is 2. The summed E-state index contributed by atoms with van der Waals surface area (Å²) in [6.07, 6.45) is 0. The summed E-state index contributed by atoms with van der Waals surface area (Å²) in [5.74, 6) is 0.566. The lowest BCUT2D eigenvalue weighted by molar-refractivity contribution is 0.867. The van der Waals surface area contributed by atoms with E-state index in [2.05, 4.69) is 59.4 Å². The van der Waals surface area contributed by atoms with Crippen molar-refractivity contribution in [1.82, 2.24) is 0 Å². The van der Waals surface area contributed by atoms with Crippen molar-refractivity contribution in [3.63, 3.8) is 0 Å². The van der Waals surface area contributed by atoms with E-state index in [-0.39, 0.29) is 0 Å². The molecule has 2 aromatic carbocycles. The van der Waals surface area contributed by atoms with Crippen molar-refractivity contribution in [3.05, 3.63) is 63.1 Å². The summed E-state index contributed by atoms with van der Waals surface area (Å²) >= 11 is 9.54. The summed E-state index contributed by atoms with van der Waals surface area (Å²) in [4.78, 5) is 0. The van der Waals surface area contributed by atoms with Crippen LogP contribution >= 0.6 is 27.5 Å². The molecule has 0 bridgehead atoms. The monoisotopic (exact) mass is 337 g/mol. The quantitative estimate of drug-likeness (QED) is 0.738. The maximum atomic E-state index is 6.01. The van der Waals surface area contributed by atoms with Crippen LogP contribution in [-0.4, -0.2) is 0 Å². The number of rotatable bonds is 4. The van der Waals surface area contributed by atoms with E-state index < -0.39 is 0 Å². The second kappa shape index (κ2) is 6.44. The van der Waals surface area contributed by atoms with Crippen molar-refractivity contribution in [3.8, 4) is 0 Å². The number of anilines is 1. The lowest BCUT2D eigenvalue weighted by Gasteiger charge is -2.10. The smallest absolute Gasteiger partial charge is 0.0412 e. The number of hydrogen-bond donors (Lipinski definition) is 1. The minimum absolute atomic E-state index is 0.566. The molecule has 2 aromatic rings. The van der Waals surface area contributed by atoms with Crippen LogP contribution in [0.5, 0.6) is 0 Å². The van der Waals surface area contributed by atoms with Gasteiger partial charge in [-0.2, -0.15) is 0 Å². The molecule has 1 N–H and O–H groups in total. The van der Waals surface area contributed by atoms with E-state index in [0.29, 0.717) is 5.92 Å². The summed E-state index contributed by atoms with van der Waals surface area (Å²) in [5, 5.41) is 4.17. The first-order chi connectivity index (χ1) is 9.06. The van der Waals surface area contributed by atoms with Crippen LogP contribution in [0.2, 0.25) is 5.02 Å². The van der Waals surface area contributed by atoms with E-state index in [1.165, 1.54) is 5.56 Å². The van der Waals surface area contributed by atoms with Gasteiger partial charge in [-0.1, -0.05) is 53.5 Å². The first-order valence-corrected chi connectivity index (χ1v) is 7.51. The van der Waals surface area contributed by atoms with E-state index in [9.17, 15) is 0 Å². The van der Waals surface area contributed by atoms with Gasteiger partial charge < -0.3 is 5.32 Å². The molecule has 0 spiro atoms. The van der Waals surface area contributed by atoms with E-state index in [1.807, 2.05) is 18.2 Å². The zero-order valence-electron chi connectivity index (χ0n) is 11.1. The molecular weight excluding hydrogens is 322 g/mol. The average Bonchev–Trinajstić information content (AvgIpc) is 2.40. The average molecular weight is 339 g/mol. The summed E-state index contributed by atoms with van der Waals surface area (Å²) in [6, 6.07) is 14.4. The third kappa shape index (κ3) is 3.99. The summed E-state index contributed by atoms with van der Waals surface area (Å²) < 4.78 is 1.07. The Morgan fingerprint density at radius 3 is 2.42 bits per heavy atom. The number of hydrogen-bond acceptors (Lipinski definition) is 1. The van der Waals surface area contributed by atoms with Crippen LogP contribution in [0.4, 0.5) is 5.69 Å². The van der Waals surface area contributed by atoms with Gasteiger partial charge in [0.25, 0.3) is 0 Å². The molecule has 0 saturated carbocycles. The highest BCUT2D eigenvalue weighted by Crippen LogP contribution is 2.23. The van der Waals surface area contributed by atoms with Crippen molar-refractivity contribution in [2.45, 2.75) is 26.3 Å². The van der Waals surface area contributed by atoms with E-state index in [0.717, 1.165) is 27.3 Å². The van der Waals surface area contributed by atoms with E-state index >= 15 is 0 Å². The van der Waals surface area contributed by atoms with Gasteiger partial charge in [-0.25, -0.2) is 0 Å². The Morgan fingerprint density at radius 1 is 1.11 bits per heavy atom. The molecule has 0 unspecified atom stereocenters. The van der Waals surface area contributed by atoms with Crippen molar-refractivity contribution in [2.24, 2.45) is 0 Å². The second-order valence-electron chi connectivity index (χ2n) is 4.87. The molecule has 0 heterocycles. The Labute approximate surface area is 128 Å². The van der Waals surface area contributed by atoms with E-state index in [1.54, 1.807) is 0 Å². The lowest BCUT2D eigenvalue weighted by Crippen LogP contribution is -2.00. The number of nitrogens with one attached hydrogen (secondary N) is 1. The molecule has 3 heteroatoms. The van der Waals surface area contributed by atoms with Crippen LogP contribution in [0, 0.1) is 0 Å². The highest BCUT2D eigenvalue weighted by molar-refractivity contribution is 9.10. The molecule has 100 valence electrons. The maximum absolute atomic E-state index is 6.01. The highest BCUT2D eigenvalue weighted by Gasteiger charge is 2.02. The lowest BCUT2D eigenvalue weighted by atomic mass is 10.0. The van der Waals surface area contributed by atoms with Gasteiger partial charge in [-0.15, -0.1) is 0 Å². The summed E-state index contributed by atoms with van der Waals surface area (Å²) in [5.41, 5.74) is 3.63. The van der Waals surface area contributed by atoms with Gasteiger partial charge >= 0.3 is 0 Å². The van der Waals surface area contributed by atoms with Gasteiger partial charge in [-0.3, -0.25) is 0 Å². The molecule has 0 fully saturated rings. The Bertz CT molecular complexity index is 549. The van der Waals surface area contributed by atoms with Crippen molar-refractivity contribution in [1.29, 1.82) is 0 Å². The Kier molecular flexibility index (Phi) is 4.89. The zero-order valence-corrected chi connectivity index (χ0v) is 13.4. The van der Waals surface area contributed by atoms with Gasteiger partial charge in [0.15, 0.2) is 0 Å². The zero-order chi connectivity index (χ0) is 13.8. The van der Waals surface area contributed by atoms with Crippen LogP contribution in [0.25, 0.3) is 0 Å². The Balaban J connectivity index is 2.04. The molecule has 2 rings (SSSR count). The normalized spacial score (nSPS) is 10.8. The predicted octanol–water partition coefficient (Wildman–Crippen LogP) is 5.84. The number of benzene rings is 2.